The van der Waals surface area contributed by atoms with Gasteiger partial charge in [-0.2, -0.15) is 0 Å². The van der Waals surface area contributed by atoms with Gasteiger partial charge in [0.25, 0.3) is 5.91 Å². The van der Waals surface area contributed by atoms with Gasteiger partial charge >= 0.3 is 0 Å². The molecule has 0 bridgehead atoms. The van der Waals surface area contributed by atoms with Gasteiger partial charge in [-0.1, -0.05) is 6.07 Å². The van der Waals surface area contributed by atoms with E-state index in [9.17, 15) is 18.0 Å². The number of hydrogen-bond acceptors (Lipinski definition) is 6. The van der Waals surface area contributed by atoms with Crippen LogP contribution in [-0.4, -0.2) is 26.8 Å². The summed E-state index contributed by atoms with van der Waals surface area (Å²) < 4.78 is 28.0. The monoisotopic (exact) mass is 409 g/mol. The number of carbonyl (C=O) groups excluding carboxylic acids is 2. The van der Waals surface area contributed by atoms with Crippen molar-refractivity contribution in [3.63, 3.8) is 0 Å². The molecule has 0 radical (unpaired) electrons. The maximum atomic E-state index is 11.9. The van der Waals surface area contributed by atoms with Crippen LogP contribution >= 0.6 is 11.3 Å². The first-order valence-corrected chi connectivity index (χ1v) is 10.6. The molecule has 0 spiro atoms. The summed E-state index contributed by atoms with van der Waals surface area (Å²) >= 11 is 1.00. The van der Waals surface area contributed by atoms with Crippen molar-refractivity contribution in [3.8, 4) is 5.75 Å². The number of carbonyl (C=O) groups is 2. The second-order valence-corrected chi connectivity index (χ2v) is 9.08. The largest absolute Gasteiger partial charge is 0.484 e. The Labute approximate surface area is 160 Å². The Bertz CT molecular complexity index is 951. The number of hydrogen-bond donors (Lipinski definition) is 3. The van der Waals surface area contributed by atoms with E-state index in [0.29, 0.717) is 16.3 Å². The fourth-order valence-electron chi connectivity index (χ4n) is 2.25. The molecule has 0 unspecified atom stereocenters. The van der Waals surface area contributed by atoms with Crippen molar-refractivity contribution in [2.24, 2.45) is 11.1 Å². The molecule has 1 aromatic heterocycles. The molecule has 10 heteroatoms. The molecule has 2 amide bonds. The van der Waals surface area contributed by atoms with Crippen LogP contribution in [0, 0.1) is 5.92 Å². The van der Waals surface area contributed by atoms with E-state index in [1.165, 1.54) is 6.07 Å². The average Bonchev–Trinajstić information content (AvgIpc) is 3.35. The second kappa shape index (κ2) is 8.07. The third-order valence-corrected chi connectivity index (χ3v) is 6.32. The van der Waals surface area contributed by atoms with Crippen LogP contribution in [0.25, 0.3) is 0 Å². The van der Waals surface area contributed by atoms with E-state index in [1.807, 2.05) is 0 Å². The van der Waals surface area contributed by atoms with Crippen molar-refractivity contribution in [1.29, 1.82) is 0 Å². The highest BCUT2D eigenvalue weighted by molar-refractivity contribution is 7.91. The van der Waals surface area contributed by atoms with Crippen LogP contribution < -0.4 is 20.5 Å². The zero-order chi connectivity index (χ0) is 19.4. The molecule has 0 atom stereocenters. The predicted octanol–water partition coefficient (Wildman–Crippen LogP) is 1.44. The SMILES string of the molecule is NS(=O)(=O)c1ccc(CNC(=O)COc2cccc(NC(=O)C3CC3)c2)s1. The number of nitrogens with one attached hydrogen (secondary N) is 2. The number of ether oxygens (including phenoxy) is 1. The van der Waals surface area contributed by atoms with E-state index in [1.54, 1.807) is 30.3 Å². The smallest absolute Gasteiger partial charge is 0.258 e. The Morgan fingerprint density at radius 2 is 2.00 bits per heavy atom. The van der Waals surface area contributed by atoms with Crippen LogP contribution in [0.4, 0.5) is 5.69 Å². The first-order chi connectivity index (χ1) is 12.8. The van der Waals surface area contributed by atoms with Crippen molar-refractivity contribution < 1.29 is 22.7 Å². The normalized spacial score (nSPS) is 13.8. The second-order valence-electron chi connectivity index (χ2n) is 6.12. The Hall–Kier alpha value is -2.43. The third kappa shape index (κ3) is 5.78. The van der Waals surface area contributed by atoms with Gasteiger partial charge in [0, 0.05) is 22.5 Å². The molecular weight excluding hydrogens is 390 g/mol. The highest BCUT2D eigenvalue weighted by Gasteiger charge is 2.29. The van der Waals surface area contributed by atoms with Gasteiger partial charge in [-0.25, -0.2) is 13.6 Å². The van der Waals surface area contributed by atoms with Crippen LogP contribution in [0.2, 0.25) is 0 Å². The number of primary sulfonamides is 1. The Morgan fingerprint density at radius 3 is 2.67 bits per heavy atom. The number of thiophene rings is 1. The van der Waals surface area contributed by atoms with Crippen molar-refractivity contribution in [2.45, 2.75) is 23.6 Å². The molecule has 8 nitrogen and oxygen atoms in total. The van der Waals surface area contributed by atoms with E-state index in [0.717, 1.165) is 24.2 Å². The highest BCUT2D eigenvalue weighted by atomic mass is 32.2. The van der Waals surface area contributed by atoms with E-state index in [4.69, 9.17) is 9.88 Å². The molecule has 2 aromatic rings. The van der Waals surface area contributed by atoms with Crippen molar-refractivity contribution in [1.82, 2.24) is 5.32 Å². The Kier molecular flexibility index (Phi) is 5.78. The first-order valence-electron chi connectivity index (χ1n) is 8.23. The molecule has 0 saturated heterocycles. The van der Waals surface area contributed by atoms with Gasteiger partial charge in [0.2, 0.25) is 15.9 Å². The van der Waals surface area contributed by atoms with Gasteiger partial charge in [0.15, 0.2) is 6.61 Å². The number of rotatable bonds is 8. The van der Waals surface area contributed by atoms with Gasteiger partial charge < -0.3 is 15.4 Å². The maximum absolute atomic E-state index is 11.9. The Morgan fingerprint density at radius 1 is 1.22 bits per heavy atom. The first kappa shape index (κ1) is 19.3. The zero-order valence-corrected chi connectivity index (χ0v) is 15.9. The molecule has 144 valence electrons. The molecule has 1 saturated carbocycles. The van der Waals surface area contributed by atoms with Crippen LogP contribution in [0.15, 0.2) is 40.6 Å². The average molecular weight is 409 g/mol. The van der Waals surface area contributed by atoms with Crippen molar-refractivity contribution in [2.75, 3.05) is 11.9 Å². The number of nitrogens with two attached hydrogens (primary N) is 1. The Balaban J connectivity index is 1.46. The fraction of sp³-hybridized carbons (Fsp3) is 0.294. The van der Waals surface area contributed by atoms with Gasteiger partial charge in [0.05, 0.1) is 6.54 Å². The van der Waals surface area contributed by atoms with Gasteiger partial charge in [-0.3, -0.25) is 9.59 Å². The van der Waals surface area contributed by atoms with E-state index in [-0.39, 0.29) is 35.1 Å². The summed E-state index contributed by atoms with van der Waals surface area (Å²) in [7, 11) is -3.73. The molecule has 3 rings (SSSR count). The van der Waals surface area contributed by atoms with Gasteiger partial charge in [-0.15, -0.1) is 11.3 Å². The molecule has 27 heavy (non-hydrogen) atoms. The van der Waals surface area contributed by atoms with Crippen LogP contribution in [0.3, 0.4) is 0 Å². The quantitative estimate of drug-likeness (QED) is 0.608. The maximum Gasteiger partial charge on any atom is 0.258 e. The van der Waals surface area contributed by atoms with E-state index < -0.39 is 10.0 Å². The topological polar surface area (TPSA) is 128 Å². The standard InChI is InChI=1S/C17H19N3O5S2/c18-27(23,24)16-7-6-14(26-16)9-19-15(21)10-25-13-3-1-2-12(8-13)20-17(22)11-4-5-11/h1-3,6-8,11H,4-5,9-10H2,(H,19,21)(H,20,22)(H2,18,23,24). The number of benzene rings is 1. The fourth-order valence-corrected chi connectivity index (χ4v) is 3.96. The molecule has 1 aliphatic carbocycles. The lowest BCUT2D eigenvalue weighted by molar-refractivity contribution is -0.123. The molecule has 4 N–H and O–H groups in total. The lowest BCUT2D eigenvalue weighted by atomic mass is 10.3. The lowest BCUT2D eigenvalue weighted by Crippen LogP contribution is -2.28. The summed E-state index contributed by atoms with van der Waals surface area (Å²) in [5.41, 5.74) is 0.624. The highest BCUT2D eigenvalue weighted by Crippen LogP contribution is 2.30. The summed E-state index contributed by atoms with van der Waals surface area (Å²) in [5, 5.41) is 10.5. The number of anilines is 1. The van der Waals surface area contributed by atoms with Crippen molar-refractivity contribution in [3.05, 3.63) is 41.3 Å². The molecule has 0 aliphatic heterocycles. The molecule has 1 aromatic carbocycles. The zero-order valence-electron chi connectivity index (χ0n) is 14.3. The summed E-state index contributed by atoms with van der Waals surface area (Å²) in [4.78, 5) is 24.3. The number of sulfonamides is 1. The van der Waals surface area contributed by atoms with Crippen LogP contribution in [0.5, 0.6) is 5.75 Å². The van der Waals surface area contributed by atoms with Gasteiger partial charge in [0.1, 0.15) is 9.96 Å². The van der Waals surface area contributed by atoms with Crippen molar-refractivity contribution >= 4 is 38.9 Å². The molecular formula is C17H19N3O5S2. The summed E-state index contributed by atoms with van der Waals surface area (Å²) in [6, 6.07) is 9.84. The minimum Gasteiger partial charge on any atom is -0.484 e. The summed E-state index contributed by atoms with van der Waals surface area (Å²) in [5.74, 6) is 0.214. The summed E-state index contributed by atoms with van der Waals surface area (Å²) in [6.45, 7) is -0.0205. The van der Waals surface area contributed by atoms with E-state index >= 15 is 0 Å². The van der Waals surface area contributed by atoms with Crippen LogP contribution in [0.1, 0.15) is 17.7 Å². The van der Waals surface area contributed by atoms with E-state index in [2.05, 4.69) is 10.6 Å². The lowest BCUT2D eigenvalue weighted by Gasteiger charge is -2.09. The number of amides is 2. The predicted molar refractivity (Wildman–Crippen MR) is 101 cm³/mol. The minimum atomic E-state index is -3.73. The molecule has 1 heterocycles. The molecule has 1 fully saturated rings. The molecule has 1 aliphatic rings. The summed E-state index contributed by atoms with van der Waals surface area (Å²) in [6.07, 6.45) is 1.84. The van der Waals surface area contributed by atoms with Gasteiger partial charge in [-0.05, 0) is 37.1 Å². The third-order valence-electron chi connectivity index (χ3n) is 3.80. The van der Waals surface area contributed by atoms with Crippen LogP contribution in [-0.2, 0) is 26.2 Å². The minimum absolute atomic E-state index is 0.000274.